The summed E-state index contributed by atoms with van der Waals surface area (Å²) >= 11 is 5.70. The van der Waals surface area contributed by atoms with Crippen molar-refractivity contribution in [1.82, 2.24) is 14.5 Å². The highest BCUT2D eigenvalue weighted by Crippen LogP contribution is 2.18. The molecule has 0 aliphatic heterocycles. The third-order valence-electron chi connectivity index (χ3n) is 2.39. The minimum Gasteiger partial charge on any atom is -0.325 e. The highest BCUT2D eigenvalue weighted by Gasteiger charge is 2.28. The zero-order valence-electron chi connectivity index (χ0n) is 10.4. The first-order valence-electron chi connectivity index (χ1n) is 5.57. The minimum absolute atomic E-state index is 0.263. The number of aryl methyl sites for hydroxylation is 1. The van der Waals surface area contributed by atoms with E-state index in [1.54, 1.807) is 12.1 Å². The summed E-state index contributed by atoms with van der Waals surface area (Å²) in [6.07, 6.45) is -1.51. The van der Waals surface area contributed by atoms with Crippen LogP contribution in [-0.2, 0) is 6.54 Å². The number of hydrogen-bond acceptors (Lipinski definition) is 2. The fraction of sp³-hybridized carbons (Fsp3) is 0.231. The minimum atomic E-state index is -4.28. The van der Waals surface area contributed by atoms with Crippen molar-refractivity contribution in [2.24, 2.45) is 0 Å². The van der Waals surface area contributed by atoms with Gasteiger partial charge in [0.1, 0.15) is 23.2 Å². The van der Waals surface area contributed by atoms with Crippen LogP contribution < -0.4 is 0 Å². The van der Waals surface area contributed by atoms with Crippen molar-refractivity contribution in [2.75, 3.05) is 0 Å². The van der Waals surface area contributed by atoms with Crippen LogP contribution in [0.15, 0.2) is 24.5 Å². The summed E-state index contributed by atoms with van der Waals surface area (Å²) in [4.78, 5) is 7.78. The summed E-state index contributed by atoms with van der Waals surface area (Å²) in [5.74, 6) is 5.74. The second-order valence-electron chi connectivity index (χ2n) is 4.03. The van der Waals surface area contributed by atoms with Gasteiger partial charge in [0.2, 0.25) is 0 Å². The van der Waals surface area contributed by atoms with Crippen molar-refractivity contribution < 1.29 is 13.2 Å². The Hall–Kier alpha value is -2.00. The van der Waals surface area contributed by atoms with Crippen molar-refractivity contribution in [3.05, 3.63) is 46.8 Å². The SMILES string of the molecule is Cc1nc(C#Cc2ccnc(Cl)c2)cn1CC(F)(F)F. The molecule has 0 fully saturated rings. The molecule has 0 saturated heterocycles. The van der Waals surface area contributed by atoms with Crippen LogP contribution in [0, 0.1) is 18.8 Å². The van der Waals surface area contributed by atoms with Gasteiger partial charge < -0.3 is 4.57 Å². The lowest BCUT2D eigenvalue weighted by Crippen LogP contribution is -2.17. The van der Waals surface area contributed by atoms with Gasteiger partial charge in [-0.25, -0.2) is 9.97 Å². The summed E-state index contributed by atoms with van der Waals surface area (Å²) in [6.45, 7) is 0.425. The molecule has 2 aromatic heterocycles. The average molecular weight is 300 g/mol. The van der Waals surface area contributed by atoms with Gasteiger partial charge in [0, 0.05) is 18.0 Å². The number of halogens is 4. The summed E-state index contributed by atoms with van der Waals surface area (Å²) in [5.41, 5.74) is 0.896. The van der Waals surface area contributed by atoms with E-state index >= 15 is 0 Å². The van der Waals surface area contributed by atoms with Crippen LogP contribution in [0.25, 0.3) is 0 Å². The molecule has 0 spiro atoms. The molecule has 0 aliphatic rings. The van der Waals surface area contributed by atoms with Crippen molar-refractivity contribution in [3.8, 4) is 11.8 Å². The topological polar surface area (TPSA) is 30.7 Å². The van der Waals surface area contributed by atoms with Gasteiger partial charge >= 0.3 is 6.18 Å². The van der Waals surface area contributed by atoms with Crippen LogP contribution in [0.4, 0.5) is 13.2 Å². The third kappa shape index (κ3) is 4.00. The molecular formula is C13H9ClF3N3. The van der Waals surface area contributed by atoms with Gasteiger partial charge in [-0.1, -0.05) is 17.5 Å². The molecule has 3 nitrogen and oxygen atoms in total. The summed E-state index contributed by atoms with van der Waals surface area (Å²) in [6, 6.07) is 3.21. The largest absolute Gasteiger partial charge is 0.406 e. The maximum Gasteiger partial charge on any atom is 0.406 e. The van der Waals surface area contributed by atoms with Crippen LogP contribution in [0.3, 0.4) is 0 Å². The molecule has 2 rings (SSSR count). The molecule has 0 amide bonds. The van der Waals surface area contributed by atoms with Gasteiger partial charge in [0.25, 0.3) is 0 Å². The highest BCUT2D eigenvalue weighted by atomic mass is 35.5. The van der Waals surface area contributed by atoms with Gasteiger partial charge in [-0.3, -0.25) is 0 Å². The molecule has 0 saturated carbocycles. The summed E-state index contributed by atoms with van der Waals surface area (Å²) in [5, 5.41) is 0.301. The molecular weight excluding hydrogens is 291 g/mol. The quantitative estimate of drug-likeness (QED) is 0.598. The molecule has 2 aromatic rings. The first kappa shape index (κ1) is 14.4. The van der Waals surface area contributed by atoms with E-state index in [-0.39, 0.29) is 11.5 Å². The van der Waals surface area contributed by atoms with Crippen LogP contribution in [0.1, 0.15) is 17.1 Å². The molecule has 2 heterocycles. The van der Waals surface area contributed by atoms with E-state index in [0.717, 1.165) is 4.57 Å². The molecule has 0 aromatic carbocycles. The van der Waals surface area contributed by atoms with E-state index in [4.69, 9.17) is 11.6 Å². The number of nitrogens with zero attached hydrogens (tertiary/aromatic N) is 3. The Morgan fingerprint density at radius 3 is 2.75 bits per heavy atom. The standard InChI is InChI=1S/C13H9ClF3N3/c1-9-19-11(7-20(9)8-13(15,16)17)3-2-10-4-5-18-12(14)6-10/h4-7H,8H2,1H3. The van der Waals surface area contributed by atoms with Crippen molar-refractivity contribution in [3.63, 3.8) is 0 Å². The lowest BCUT2D eigenvalue weighted by Gasteiger charge is -2.07. The van der Waals surface area contributed by atoms with E-state index < -0.39 is 12.7 Å². The molecule has 0 aliphatic carbocycles. The fourth-order valence-electron chi connectivity index (χ4n) is 1.54. The molecule has 0 N–H and O–H groups in total. The zero-order valence-corrected chi connectivity index (χ0v) is 11.1. The van der Waals surface area contributed by atoms with E-state index in [9.17, 15) is 13.2 Å². The highest BCUT2D eigenvalue weighted by molar-refractivity contribution is 6.29. The maximum absolute atomic E-state index is 12.3. The predicted molar refractivity (Wildman–Crippen MR) is 68.2 cm³/mol. The van der Waals surface area contributed by atoms with Gasteiger partial charge in [0.15, 0.2) is 0 Å². The monoisotopic (exact) mass is 299 g/mol. The number of imidazole rings is 1. The Morgan fingerprint density at radius 1 is 1.35 bits per heavy atom. The Bertz CT molecular complexity index is 680. The third-order valence-corrected chi connectivity index (χ3v) is 2.59. The predicted octanol–water partition coefficient (Wildman–Crippen LogP) is 3.20. The first-order chi connectivity index (χ1) is 9.33. The Labute approximate surface area is 118 Å². The number of alkyl halides is 3. The maximum atomic E-state index is 12.3. The van der Waals surface area contributed by atoms with E-state index in [1.807, 2.05) is 0 Å². The molecule has 0 radical (unpaired) electrons. The first-order valence-corrected chi connectivity index (χ1v) is 5.95. The molecule has 104 valence electrons. The summed E-state index contributed by atoms with van der Waals surface area (Å²) in [7, 11) is 0. The van der Waals surface area contributed by atoms with Crippen LogP contribution in [0.5, 0.6) is 0 Å². The van der Waals surface area contributed by atoms with Crippen molar-refractivity contribution >= 4 is 11.6 Å². The van der Waals surface area contributed by atoms with Crippen molar-refractivity contribution in [2.45, 2.75) is 19.6 Å². The van der Waals surface area contributed by atoms with Crippen LogP contribution >= 0.6 is 11.6 Å². The van der Waals surface area contributed by atoms with Gasteiger partial charge in [-0.2, -0.15) is 13.2 Å². The average Bonchev–Trinajstić information content (AvgIpc) is 2.65. The molecule has 7 heteroatoms. The zero-order chi connectivity index (χ0) is 14.8. The number of pyridine rings is 1. The molecule has 0 bridgehead atoms. The van der Waals surface area contributed by atoms with Gasteiger partial charge in [0.05, 0.1) is 0 Å². The molecule has 20 heavy (non-hydrogen) atoms. The van der Waals surface area contributed by atoms with Gasteiger partial charge in [-0.05, 0) is 25.0 Å². The number of rotatable bonds is 1. The van der Waals surface area contributed by atoms with E-state index in [2.05, 4.69) is 21.8 Å². The lowest BCUT2D eigenvalue weighted by molar-refractivity contribution is -0.140. The molecule has 0 unspecified atom stereocenters. The lowest BCUT2D eigenvalue weighted by atomic mass is 10.3. The smallest absolute Gasteiger partial charge is 0.325 e. The Morgan fingerprint density at radius 2 is 2.10 bits per heavy atom. The van der Waals surface area contributed by atoms with Crippen molar-refractivity contribution in [1.29, 1.82) is 0 Å². The second kappa shape index (κ2) is 5.55. The van der Waals surface area contributed by atoms with Crippen LogP contribution in [-0.4, -0.2) is 20.7 Å². The fourth-order valence-corrected chi connectivity index (χ4v) is 1.71. The Kier molecular flexibility index (Phi) is 4.00. The van der Waals surface area contributed by atoms with Gasteiger partial charge in [-0.15, -0.1) is 0 Å². The van der Waals surface area contributed by atoms with Crippen LogP contribution in [0.2, 0.25) is 5.15 Å². The van der Waals surface area contributed by atoms with E-state index in [1.165, 1.54) is 19.3 Å². The number of hydrogen-bond donors (Lipinski definition) is 0. The number of aromatic nitrogens is 3. The summed E-state index contributed by atoms with van der Waals surface area (Å²) < 4.78 is 38.0. The van der Waals surface area contributed by atoms with E-state index in [0.29, 0.717) is 10.7 Å². The molecule has 0 atom stereocenters. The Balaban J connectivity index is 2.22. The second-order valence-corrected chi connectivity index (χ2v) is 4.42. The normalized spacial score (nSPS) is 11.1.